The van der Waals surface area contributed by atoms with Crippen molar-refractivity contribution >= 4 is 21.4 Å². The SMILES string of the molecule is CNc1ccc(S(=O)(=O)N(C)CCC#N)cc1[N+](=O)[O-]. The Morgan fingerprint density at radius 1 is 1.50 bits per heavy atom. The summed E-state index contributed by atoms with van der Waals surface area (Å²) in [5.41, 5.74) is -0.0871. The van der Waals surface area contributed by atoms with E-state index in [1.165, 1.54) is 26.2 Å². The van der Waals surface area contributed by atoms with Gasteiger partial charge in [-0.25, -0.2) is 8.42 Å². The highest BCUT2D eigenvalue weighted by atomic mass is 32.2. The Morgan fingerprint density at radius 2 is 2.15 bits per heavy atom. The van der Waals surface area contributed by atoms with Crippen molar-refractivity contribution < 1.29 is 13.3 Å². The highest BCUT2D eigenvalue weighted by Gasteiger charge is 2.24. The Bertz CT molecular complexity index is 651. The summed E-state index contributed by atoms with van der Waals surface area (Å²) in [5, 5.41) is 22.0. The van der Waals surface area contributed by atoms with Crippen LogP contribution in [-0.4, -0.2) is 38.3 Å². The van der Waals surface area contributed by atoms with Crippen LogP contribution < -0.4 is 5.32 Å². The van der Waals surface area contributed by atoms with Crippen molar-refractivity contribution in [3.05, 3.63) is 28.3 Å². The standard InChI is InChI=1S/C11H14N4O4S/c1-13-10-5-4-9(8-11(10)15(16)17)20(18,19)14(2)7-3-6-12/h4-5,8,13H,3,7H2,1-2H3. The van der Waals surface area contributed by atoms with E-state index < -0.39 is 14.9 Å². The van der Waals surface area contributed by atoms with Crippen LogP contribution in [0.4, 0.5) is 11.4 Å². The zero-order valence-electron chi connectivity index (χ0n) is 11.0. The average Bonchev–Trinajstić information content (AvgIpc) is 2.43. The fourth-order valence-electron chi connectivity index (χ4n) is 1.54. The molecule has 1 aromatic rings. The van der Waals surface area contributed by atoms with E-state index in [0.29, 0.717) is 0 Å². The van der Waals surface area contributed by atoms with Crippen molar-refractivity contribution in [3.63, 3.8) is 0 Å². The average molecular weight is 298 g/mol. The van der Waals surface area contributed by atoms with Crippen LogP contribution in [-0.2, 0) is 10.0 Å². The summed E-state index contributed by atoms with van der Waals surface area (Å²) < 4.78 is 25.4. The lowest BCUT2D eigenvalue weighted by molar-refractivity contribution is -0.384. The molecule has 0 radical (unpaired) electrons. The third-order valence-electron chi connectivity index (χ3n) is 2.68. The number of hydrogen-bond donors (Lipinski definition) is 1. The molecule has 0 atom stereocenters. The van der Waals surface area contributed by atoms with E-state index in [4.69, 9.17) is 5.26 Å². The number of nitro benzene ring substituents is 1. The van der Waals surface area contributed by atoms with E-state index in [2.05, 4.69) is 5.32 Å². The number of hydrogen-bond acceptors (Lipinski definition) is 6. The maximum absolute atomic E-state index is 12.2. The minimum atomic E-state index is -3.84. The number of sulfonamides is 1. The molecule has 0 aliphatic heterocycles. The van der Waals surface area contributed by atoms with Crippen molar-refractivity contribution in [1.29, 1.82) is 5.26 Å². The third kappa shape index (κ3) is 3.23. The van der Waals surface area contributed by atoms with Gasteiger partial charge >= 0.3 is 0 Å². The van der Waals surface area contributed by atoms with Crippen molar-refractivity contribution in [2.45, 2.75) is 11.3 Å². The largest absolute Gasteiger partial charge is 0.383 e. The summed E-state index contributed by atoms with van der Waals surface area (Å²) in [6.45, 7) is 0.0282. The molecule has 108 valence electrons. The molecule has 0 fully saturated rings. The van der Waals surface area contributed by atoms with Crippen LogP contribution in [0, 0.1) is 21.4 Å². The first-order chi connectivity index (χ1) is 9.34. The summed E-state index contributed by atoms with van der Waals surface area (Å²) in [5.74, 6) is 0. The van der Waals surface area contributed by atoms with Crippen LogP contribution in [0.1, 0.15) is 6.42 Å². The summed E-state index contributed by atoms with van der Waals surface area (Å²) >= 11 is 0. The second-order valence-electron chi connectivity index (χ2n) is 3.92. The van der Waals surface area contributed by atoms with Gasteiger partial charge in [-0.3, -0.25) is 10.1 Å². The van der Waals surface area contributed by atoms with Gasteiger partial charge in [0.1, 0.15) is 5.69 Å². The predicted octanol–water partition coefficient (Wildman–Crippen LogP) is 1.17. The molecule has 1 aromatic carbocycles. The molecular weight excluding hydrogens is 284 g/mol. The highest BCUT2D eigenvalue weighted by molar-refractivity contribution is 7.89. The van der Waals surface area contributed by atoms with Crippen LogP contribution in [0.3, 0.4) is 0 Å². The molecular formula is C11H14N4O4S. The first kappa shape index (κ1) is 15.9. The number of nitrogens with one attached hydrogen (secondary N) is 1. The minimum absolute atomic E-state index is 0.0282. The molecule has 0 heterocycles. The monoisotopic (exact) mass is 298 g/mol. The minimum Gasteiger partial charge on any atom is -0.383 e. The topological polar surface area (TPSA) is 116 Å². The lowest BCUT2D eigenvalue weighted by Crippen LogP contribution is -2.27. The van der Waals surface area contributed by atoms with E-state index in [-0.39, 0.29) is 29.2 Å². The van der Waals surface area contributed by atoms with Gasteiger partial charge < -0.3 is 5.32 Å². The van der Waals surface area contributed by atoms with E-state index >= 15 is 0 Å². The van der Waals surface area contributed by atoms with Crippen LogP contribution in [0.2, 0.25) is 0 Å². The van der Waals surface area contributed by atoms with Crippen LogP contribution >= 0.6 is 0 Å². The van der Waals surface area contributed by atoms with Crippen LogP contribution in [0.5, 0.6) is 0 Å². The van der Waals surface area contributed by atoms with Gasteiger partial charge in [-0.05, 0) is 12.1 Å². The molecule has 0 bridgehead atoms. The van der Waals surface area contributed by atoms with Gasteiger partial charge in [-0.1, -0.05) is 0 Å². The molecule has 0 saturated carbocycles. The molecule has 0 spiro atoms. The first-order valence-corrected chi connectivity index (χ1v) is 7.08. The number of anilines is 1. The fourth-order valence-corrected chi connectivity index (χ4v) is 2.73. The molecule has 0 unspecified atom stereocenters. The Balaban J connectivity index is 3.23. The second kappa shape index (κ2) is 6.31. The smallest absolute Gasteiger partial charge is 0.293 e. The van der Waals surface area contributed by atoms with Crippen LogP contribution in [0.25, 0.3) is 0 Å². The van der Waals surface area contributed by atoms with Crippen molar-refractivity contribution in [3.8, 4) is 6.07 Å². The van der Waals surface area contributed by atoms with Crippen molar-refractivity contribution in [1.82, 2.24) is 4.31 Å². The fraction of sp³-hybridized carbons (Fsp3) is 0.364. The van der Waals surface area contributed by atoms with Crippen LogP contribution in [0.15, 0.2) is 23.1 Å². The maximum Gasteiger partial charge on any atom is 0.293 e. The molecule has 0 aromatic heterocycles. The third-order valence-corrected chi connectivity index (χ3v) is 4.53. The van der Waals surface area contributed by atoms with Gasteiger partial charge in [0.25, 0.3) is 5.69 Å². The predicted molar refractivity (Wildman–Crippen MR) is 72.7 cm³/mol. The Morgan fingerprint density at radius 3 is 2.65 bits per heavy atom. The molecule has 20 heavy (non-hydrogen) atoms. The molecule has 0 aliphatic rings. The summed E-state index contributed by atoms with van der Waals surface area (Å²) in [6.07, 6.45) is 0.0480. The zero-order valence-corrected chi connectivity index (χ0v) is 11.8. The van der Waals surface area contributed by atoms with Gasteiger partial charge in [0.05, 0.1) is 15.9 Å². The van der Waals surface area contributed by atoms with E-state index in [1.54, 1.807) is 0 Å². The maximum atomic E-state index is 12.2. The number of nitriles is 1. The molecule has 0 amide bonds. The van der Waals surface area contributed by atoms with Crippen molar-refractivity contribution in [2.24, 2.45) is 0 Å². The van der Waals surface area contributed by atoms with Gasteiger partial charge in [-0.15, -0.1) is 0 Å². The van der Waals surface area contributed by atoms with Gasteiger partial charge in [-0.2, -0.15) is 9.57 Å². The van der Waals surface area contributed by atoms with E-state index in [9.17, 15) is 18.5 Å². The Hall–Kier alpha value is -2.18. The van der Waals surface area contributed by atoms with Crippen molar-refractivity contribution in [2.75, 3.05) is 26.0 Å². The molecule has 1 rings (SSSR count). The van der Waals surface area contributed by atoms with Gasteiger partial charge in [0.2, 0.25) is 10.0 Å². The second-order valence-corrected chi connectivity index (χ2v) is 5.97. The van der Waals surface area contributed by atoms with Gasteiger partial charge in [0, 0.05) is 33.1 Å². The Labute approximate surface area is 116 Å². The lowest BCUT2D eigenvalue weighted by atomic mass is 10.3. The first-order valence-electron chi connectivity index (χ1n) is 5.64. The normalized spacial score (nSPS) is 11.1. The zero-order chi connectivity index (χ0) is 15.3. The van der Waals surface area contributed by atoms with Gasteiger partial charge in [0.15, 0.2) is 0 Å². The van der Waals surface area contributed by atoms with E-state index in [1.807, 2.05) is 6.07 Å². The Kier molecular flexibility index (Phi) is 5.01. The van der Waals surface area contributed by atoms with E-state index in [0.717, 1.165) is 10.4 Å². The summed E-state index contributed by atoms with van der Waals surface area (Å²) in [7, 11) is -1.01. The number of rotatable bonds is 6. The molecule has 0 saturated heterocycles. The lowest BCUT2D eigenvalue weighted by Gasteiger charge is -2.15. The summed E-state index contributed by atoms with van der Waals surface area (Å²) in [4.78, 5) is 10.1. The quantitative estimate of drug-likeness (QED) is 0.622. The molecule has 8 nitrogen and oxygen atoms in total. The number of benzene rings is 1. The number of nitrogens with zero attached hydrogens (tertiary/aromatic N) is 3. The molecule has 1 N–H and O–H groups in total. The molecule has 9 heteroatoms. The summed E-state index contributed by atoms with van der Waals surface area (Å²) in [6, 6.07) is 5.47. The molecule has 0 aliphatic carbocycles. The highest BCUT2D eigenvalue weighted by Crippen LogP contribution is 2.28. The number of nitro groups is 1.